The second-order valence-corrected chi connectivity index (χ2v) is 7.88. The normalized spacial score (nSPS) is 11.4. The van der Waals surface area contributed by atoms with E-state index in [1.165, 1.54) is 49.6 Å². The highest BCUT2D eigenvalue weighted by molar-refractivity contribution is 6.01. The van der Waals surface area contributed by atoms with Crippen LogP contribution in [0.4, 0.5) is 0 Å². The van der Waals surface area contributed by atoms with Gasteiger partial charge in [0, 0.05) is 16.5 Å². The third kappa shape index (κ3) is 3.40. The zero-order valence-electron chi connectivity index (χ0n) is 17.1. The second kappa shape index (κ2) is 8.17. The Morgan fingerprint density at radius 2 is 1.47 bits per heavy atom. The van der Waals surface area contributed by atoms with Gasteiger partial charge in [0.05, 0.1) is 5.69 Å². The highest BCUT2D eigenvalue weighted by Crippen LogP contribution is 2.37. The molecule has 0 aliphatic rings. The summed E-state index contributed by atoms with van der Waals surface area (Å²) in [7, 11) is 0. The fraction of sp³-hybridized carbons (Fsp3) is 0.143. The number of aryl methyl sites for hydroxylation is 1. The summed E-state index contributed by atoms with van der Waals surface area (Å²) in [6, 6.07) is 32.6. The number of nitrogens with one attached hydrogen (secondary N) is 1. The Morgan fingerprint density at radius 1 is 0.667 bits per heavy atom. The average Bonchev–Trinajstić information content (AvgIpc) is 3.17. The molecule has 0 fully saturated rings. The lowest BCUT2D eigenvalue weighted by atomic mass is 9.95. The molecular weight excluding hydrogens is 364 g/mol. The maximum absolute atomic E-state index is 5.80. The molecule has 0 amide bonds. The van der Waals surface area contributed by atoms with E-state index < -0.39 is 0 Å². The Kier molecular flexibility index (Phi) is 5.08. The van der Waals surface area contributed by atoms with Crippen molar-refractivity contribution < 1.29 is 0 Å². The first kappa shape index (κ1) is 18.7. The zero-order valence-corrected chi connectivity index (χ0v) is 17.1. The van der Waals surface area contributed by atoms with E-state index in [9.17, 15) is 0 Å². The fourth-order valence-corrected chi connectivity index (χ4v) is 4.44. The van der Waals surface area contributed by atoms with Crippen molar-refractivity contribution >= 4 is 21.7 Å². The molecule has 2 heteroatoms. The number of benzene rings is 4. The molecular formula is C28H26N2. The molecule has 0 spiro atoms. The summed E-state index contributed by atoms with van der Waals surface area (Å²) in [6.07, 6.45) is 3.16. The van der Waals surface area contributed by atoms with E-state index in [0.717, 1.165) is 25.8 Å². The van der Waals surface area contributed by atoms with Gasteiger partial charge in [-0.15, -0.1) is 0 Å². The number of rotatable bonds is 6. The lowest BCUT2D eigenvalue weighted by Gasteiger charge is -2.09. The first-order valence-electron chi connectivity index (χ1n) is 10.7. The lowest BCUT2D eigenvalue weighted by Crippen LogP contribution is -1.99. The molecule has 0 bridgehead atoms. The Hall–Kier alpha value is -3.36. The molecule has 3 N–H and O–H groups in total. The number of fused-ring (bicyclic) bond motifs is 2. The average molecular weight is 391 g/mol. The number of H-pyrrole nitrogens is 1. The molecule has 0 atom stereocenters. The van der Waals surface area contributed by atoms with Crippen LogP contribution >= 0.6 is 0 Å². The SMILES string of the molecule is NCCCCc1c(-c2cccc3ccccc23)[nH]c2ccc(-c3ccccc3)cc12. The number of aromatic nitrogens is 1. The minimum atomic E-state index is 0.737. The number of nitrogens with two attached hydrogens (primary N) is 1. The molecule has 0 saturated carbocycles. The number of unbranched alkanes of at least 4 members (excludes halogenated alkanes) is 1. The predicted molar refractivity (Wildman–Crippen MR) is 129 cm³/mol. The van der Waals surface area contributed by atoms with Crippen molar-refractivity contribution in [2.45, 2.75) is 19.3 Å². The van der Waals surface area contributed by atoms with Crippen LogP contribution in [0.15, 0.2) is 91.0 Å². The second-order valence-electron chi connectivity index (χ2n) is 7.88. The van der Waals surface area contributed by atoms with Crippen LogP contribution in [0.1, 0.15) is 18.4 Å². The van der Waals surface area contributed by atoms with Crippen molar-refractivity contribution in [3.63, 3.8) is 0 Å². The van der Waals surface area contributed by atoms with Crippen LogP contribution in [0.2, 0.25) is 0 Å². The van der Waals surface area contributed by atoms with Gasteiger partial charge in [-0.2, -0.15) is 0 Å². The zero-order chi connectivity index (χ0) is 20.3. The number of hydrogen-bond donors (Lipinski definition) is 2. The molecule has 1 aromatic heterocycles. The molecule has 1 heterocycles. The highest BCUT2D eigenvalue weighted by Gasteiger charge is 2.15. The topological polar surface area (TPSA) is 41.8 Å². The smallest absolute Gasteiger partial charge is 0.0503 e. The fourth-order valence-electron chi connectivity index (χ4n) is 4.44. The Balaban J connectivity index is 1.71. The minimum Gasteiger partial charge on any atom is -0.354 e. The minimum absolute atomic E-state index is 0.737. The quantitative estimate of drug-likeness (QED) is 0.303. The summed E-state index contributed by atoms with van der Waals surface area (Å²) < 4.78 is 0. The van der Waals surface area contributed by atoms with E-state index >= 15 is 0 Å². The van der Waals surface area contributed by atoms with Crippen LogP contribution in [0.3, 0.4) is 0 Å². The van der Waals surface area contributed by atoms with Gasteiger partial charge in [-0.1, -0.05) is 78.9 Å². The van der Waals surface area contributed by atoms with Crippen molar-refractivity contribution in [2.75, 3.05) is 6.54 Å². The van der Waals surface area contributed by atoms with Crippen molar-refractivity contribution in [2.24, 2.45) is 5.73 Å². The van der Waals surface area contributed by atoms with Gasteiger partial charge in [0.15, 0.2) is 0 Å². The predicted octanol–water partition coefficient (Wildman–Crippen LogP) is 6.94. The van der Waals surface area contributed by atoms with Gasteiger partial charge >= 0.3 is 0 Å². The van der Waals surface area contributed by atoms with Gasteiger partial charge in [0.2, 0.25) is 0 Å². The van der Waals surface area contributed by atoms with E-state index in [4.69, 9.17) is 5.73 Å². The molecule has 0 radical (unpaired) electrons. The van der Waals surface area contributed by atoms with E-state index in [0.29, 0.717) is 0 Å². The first-order chi connectivity index (χ1) is 14.8. The Labute approximate surface area is 177 Å². The molecule has 4 aromatic carbocycles. The monoisotopic (exact) mass is 390 g/mol. The van der Waals surface area contributed by atoms with E-state index in [1.807, 2.05) is 0 Å². The molecule has 30 heavy (non-hydrogen) atoms. The van der Waals surface area contributed by atoms with Crippen molar-refractivity contribution in [1.29, 1.82) is 0 Å². The van der Waals surface area contributed by atoms with Crippen molar-refractivity contribution in [3.8, 4) is 22.4 Å². The standard InChI is InChI=1S/C28H26N2/c29-18-7-6-14-25-26-19-22(20-9-2-1-3-10-20)16-17-27(26)30-28(25)24-15-8-12-21-11-4-5-13-23(21)24/h1-5,8-13,15-17,19,30H,6-7,14,18,29H2. The van der Waals surface area contributed by atoms with Crippen LogP contribution < -0.4 is 5.73 Å². The molecule has 5 aromatic rings. The van der Waals surface area contributed by atoms with Gasteiger partial charge in [-0.05, 0) is 65.4 Å². The van der Waals surface area contributed by atoms with Gasteiger partial charge in [-0.25, -0.2) is 0 Å². The number of aromatic amines is 1. The molecule has 0 aliphatic carbocycles. The van der Waals surface area contributed by atoms with Crippen molar-refractivity contribution in [1.82, 2.24) is 4.98 Å². The first-order valence-corrected chi connectivity index (χ1v) is 10.7. The van der Waals surface area contributed by atoms with E-state index in [1.54, 1.807) is 0 Å². The maximum atomic E-state index is 5.80. The molecule has 0 aliphatic heterocycles. The van der Waals surface area contributed by atoms with Crippen LogP contribution in [0.25, 0.3) is 44.1 Å². The van der Waals surface area contributed by atoms with Crippen molar-refractivity contribution in [3.05, 3.63) is 96.6 Å². The van der Waals surface area contributed by atoms with Crippen LogP contribution in [0, 0.1) is 0 Å². The third-order valence-corrected chi connectivity index (χ3v) is 5.95. The van der Waals surface area contributed by atoms with Gasteiger partial charge in [0.1, 0.15) is 0 Å². The lowest BCUT2D eigenvalue weighted by molar-refractivity contribution is 0.748. The van der Waals surface area contributed by atoms with Gasteiger partial charge < -0.3 is 10.7 Å². The van der Waals surface area contributed by atoms with Crippen LogP contribution in [-0.4, -0.2) is 11.5 Å². The third-order valence-electron chi connectivity index (χ3n) is 5.95. The molecule has 0 saturated heterocycles. The molecule has 0 unspecified atom stereocenters. The summed E-state index contributed by atoms with van der Waals surface area (Å²) >= 11 is 0. The van der Waals surface area contributed by atoms with Gasteiger partial charge in [0.25, 0.3) is 0 Å². The highest BCUT2D eigenvalue weighted by atomic mass is 14.7. The number of hydrogen-bond acceptors (Lipinski definition) is 1. The van der Waals surface area contributed by atoms with Gasteiger partial charge in [-0.3, -0.25) is 0 Å². The van der Waals surface area contributed by atoms with E-state index in [2.05, 4.69) is 96.0 Å². The van der Waals surface area contributed by atoms with Crippen LogP contribution in [-0.2, 0) is 6.42 Å². The maximum Gasteiger partial charge on any atom is 0.0503 e. The molecule has 148 valence electrons. The summed E-state index contributed by atoms with van der Waals surface area (Å²) in [5, 5.41) is 3.87. The Morgan fingerprint density at radius 3 is 2.33 bits per heavy atom. The molecule has 2 nitrogen and oxygen atoms in total. The largest absolute Gasteiger partial charge is 0.354 e. The summed E-state index contributed by atoms with van der Waals surface area (Å²) in [6.45, 7) is 0.737. The Bertz CT molecular complexity index is 1290. The van der Waals surface area contributed by atoms with Crippen LogP contribution in [0.5, 0.6) is 0 Å². The summed E-state index contributed by atoms with van der Waals surface area (Å²) in [4.78, 5) is 3.75. The summed E-state index contributed by atoms with van der Waals surface area (Å²) in [5.41, 5.74) is 13.4. The molecule has 5 rings (SSSR count). The van der Waals surface area contributed by atoms with E-state index in [-0.39, 0.29) is 0 Å². The summed E-state index contributed by atoms with van der Waals surface area (Å²) in [5.74, 6) is 0.